The fourth-order valence-corrected chi connectivity index (χ4v) is 3.38. The van der Waals surface area contributed by atoms with Crippen LogP contribution in [0.25, 0.3) is 11.4 Å². The zero-order valence-corrected chi connectivity index (χ0v) is 15.5. The predicted octanol–water partition coefficient (Wildman–Crippen LogP) is 2.22. The number of esters is 1. The third-order valence-corrected chi connectivity index (χ3v) is 4.68. The van der Waals surface area contributed by atoms with Crippen molar-refractivity contribution in [3.8, 4) is 11.4 Å². The highest BCUT2D eigenvalue weighted by Gasteiger charge is 2.29. The Labute approximate surface area is 159 Å². The molecule has 27 heavy (non-hydrogen) atoms. The van der Waals surface area contributed by atoms with Gasteiger partial charge in [0.25, 0.3) is 0 Å². The molecule has 10 heteroatoms. The lowest BCUT2D eigenvalue weighted by molar-refractivity contribution is -0.138. The Balaban J connectivity index is 1.78. The van der Waals surface area contributed by atoms with Gasteiger partial charge in [-0.2, -0.15) is 0 Å². The second-order valence-corrected chi connectivity index (χ2v) is 6.61. The first kappa shape index (κ1) is 18.9. The Morgan fingerprint density at radius 1 is 1.37 bits per heavy atom. The molecule has 3 N–H and O–H groups in total. The van der Waals surface area contributed by atoms with Crippen LogP contribution in [0, 0.1) is 5.82 Å². The molecule has 1 aliphatic rings. The molecular weight excluding hydrogens is 373 g/mol. The maximum absolute atomic E-state index is 13.9. The van der Waals surface area contributed by atoms with Gasteiger partial charge in [0.05, 0.1) is 23.8 Å². The van der Waals surface area contributed by atoms with Crippen LogP contribution in [0.2, 0.25) is 0 Å². The van der Waals surface area contributed by atoms with Gasteiger partial charge in [0.1, 0.15) is 5.82 Å². The lowest BCUT2D eigenvalue weighted by atomic mass is 10.1. The zero-order chi connectivity index (χ0) is 19.4. The number of H-pyrrole nitrogens is 1. The summed E-state index contributed by atoms with van der Waals surface area (Å²) in [6, 6.07) is 5.36. The van der Waals surface area contributed by atoms with E-state index in [0.29, 0.717) is 27.8 Å². The van der Waals surface area contributed by atoms with Crippen LogP contribution < -0.4 is 10.6 Å². The highest BCUT2D eigenvalue weighted by atomic mass is 32.2. The maximum atomic E-state index is 13.9. The van der Waals surface area contributed by atoms with E-state index >= 15 is 0 Å². The molecule has 0 fully saturated rings. The SMILES string of the molecule is CCOC(=O)C1=C(CSc2n[nH]c(-c3ccccc3F)n2)NC(=O)NC1C. The number of rotatable bonds is 6. The Kier molecular flexibility index (Phi) is 5.75. The summed E-state index contributed by atoms with van der Waals surface area (Å²) in [5.41, 5.74) is 1.10. The summed E-state index contributed by atoms with van der Waals surface area (Å²) >= 11 is 1.21. The lowest BCUT2D eigenvalue weighted by Crippen LogP contribution is -2.49. The summed E-state index contributed by atoms with van der Waals surface area (Å²) < 4.78 is 18.9. The first-order valence-electron chi connectivity index (χ1n) is 8.27. The second-order valence-electron chi connectivity index (χ2n) is 5.67. The molecular formula is C17H18FN5O3S. The number of aromatic amines is 1. The molecule has 3 rings (SSSR count). The van der Waals surface area contributed by atoms with Crippen LogP contribution in [-0.2, 0) is 9.53 Å². The molecule has 1 unspecified atom stereocenters. The first-order chi connectivity index (χ1) is 13.0. The fourth-order valence-electron chi connectivity index (χ4n) is 2.61. The van der Waals surface area contributed by atoms with Crippen molar-refractivity contribution < 1.29 is 18.7 Å². The van der Waals surface area contributed by atoms with Crippen LogP contribution in [0.1, 0.15) is 13.8 Å². The highest BCUT2D eigenvalue weighted by Crippen LogP contribution is 2.24. The smallest absolute Gasteiger partial charge is 0.337 e. The van der Waals surface area contributed by atoms with Crippen LogP contribution in [-0.4, -0.2) is 45.6 Å². The van der Waals surface area contributed by atoms with Crippen LogP contribution in [0.3, 0.4) is 0 Å². The molecule has 1 aliphatic heterocycles. The number of urea groups is 1. The van der Waals surface area contributed by atoms with E-state index in [1.165, 1.54) is 17.8 Å². The summed E-state index contributed by atoms with van der Waals surface area (Å²) in [6.07, 6.45) is 0. The van der Waals surface area contributed by atoms with Crippen molar-refractivity contribution in [1.29, 1.82) is 0 Å². The van der Waals surface area contributed by atoms with Gasteiger partial charge in [0, 0.05) is 11.4 Å². The number of thioether (sulfide) groups is 1. The predicted molar refractivity (Wildman–Crippen MR) is 97.3 cm³/mol. The minimum Gasteiger partial charge on any atom is -0.463 e. The minimum absolute atomic E-state index is 0.232. The van der Waals surface area contributed by atoms with Crippen molar-refractivity contribution in [1.82, 2.24) is 25.8 Å². The van der Waals surface area contributed by atoms with E-state index in [4.69, 9.17) is 4.74 Å². The monoisotopic (exact) mass is 391 g/mol. The number of hydrogen-bond donors (Lipinski definition) is 3. The van der Waals surface area contributed by atoms with E-state index in [1.807, 2.05) is 0 Å². The molecule has 142 valence electrons. The summed E-state index contributed by atoms with van der Waals surface area (Å²) in [4.78, 5) is 28.2. The van der Waals surface area contributed by atoms with Crippen molar-refractivity contribution in [2.45, 2.75) is 25.0 Å². The quantitative estimate of drug-likeness (QED) is 0.515. The Morgan fingerprint density at radius 3 is 2.89 bits per heavy atom. The molecule has 2 aromatic rings. The number of nitrogens with zero attached hydrogens (tertiary/aromatic N) is 2. The average molecular weight is 391 g/mol. The Bertz CT molecular complexity index is 898. The van der Waals surface area contributed by atoms with Gasteiger partial charge in [0.2, 0.25) is 5.16 Å². The average Bonchev–Trinajstić information content (AvgIpc) is 3.08. The van der Waals surface area contributed by atoms with Crippen molar-refractivity contribution in [3.05, 3.63) is 41.4 Å². The molecule has 1 aromatic carbocycles. The van der Waals surface area contributed by atoms with Gasteiger partial charge in [-0.3, -0.25) is 5.10 Å². The summed E-state index contributed by atoms with van der Waals surface area (Å²) in [7, 11) is 0. The molecule has 0 saturated heterocycles. The van der Waals surface area contributed by atoms with E-state index < -0.39 is 23.9 Å². The summed E-state index contributed by atoms with van der Waals surface area (Å²) in [5.74, 6) is -0.342. The van der Waals surface area contributed by atoms with Gasteiger partial charge in [-0.1, -0.05) is 23.9 Å². The van der Waals surface area contributed by atoms with Crippen LogP contribution >= 0.6 is 11.8 Å². The van der Waals surface area contributed by atoms with Crippen molar-refractivity contribution in [2.75, 3.05) is 12.4 Å². The molecule has 2 amide bonds. The van der Waals surface area contributed by atoms with E-state index in [9.17, 15) is 14.0 Å². The van der Waals surface area contributed by atoms with Gasteiger partial charge < -0.3 is 15.4 Å². The molecule has 1 aromatic heterocycles. The normalized spacial score (nSPS) is 16.7. The number of benzene rings is 1. The Hall–Kier alpha value is -2.88. The van der Waals surface area contributed by atoms with Gasteiger partial charge >= 0.3 is 12.0 Å². The van der Waals surface area contributed by atoms with Crippen molar-refractivity contribution in [2.24, 2.45) is 0 Å². The number of carbonyl (C=O) groups excluding carboxylic acids is 2. The van der Waals surface area contributed by atoms with Crippen LogP contribution in [0.5, 0.6) is 0 Å². The fraction of sp³-hybridized carbons (Fsp3) is 0.294. The summed E-state index contributed by atoms with van der Waals surface area (Å²) in [5, 5.41) is 12.4. The first-order valence-corrected chi connectivity index (χ1v) is 9.26. The third-order valence-electron chi connectivity index (χ3n) is 3.80. The molecule has 0 aliphatic carbocycles. The number of nitrogens with one attached hydrogen (secondary N) is 3. The van der Waals surface area contributed by atoms with Gasteiger partial charge in [0.15, 0.2) is 5.82 Å². The Morgan fingerprint density at radius 2 is 2.15 bits per heavy atom. The van der Waals surface area contributed by atoms with Gasteiger partial charge in [-0.25, -0.2) is 19.0 Å². The van der Waals surface area contributed by atoms with E-state index in [-0.39, 0.29) is 12.4 Å². The number of carbonyl (C=O) groups is 2. The van der Waals surface area contributed by atoms with Crippen molar-refractivity contribution in [3.63, 3.8) is 0 Å². The van der Waals surface area contributed by atoms with Gasteiger partial charge in [-0.15, -0.1) is 5.10 Å². The zero-order valence-electron chi connectivity index (χ0n) is 14.7. The highest BCUT2D eigenvalue weighted by molar-refractivity contribution is 7.99. The minimum atomic E-state index is -0.491. The molecule has 2 heterocycles. The number of hydrogen-bond acceptors (Lipinski definition) is 6. The molecule has 0 saturated carbocycles. The van der Waals surface area contributed by atoms with E-state index in [1.54, 1.807) is 32.0 Å². The maximum Gasteiger partial charge on any atom is 0.337 e. The molecule has 0 radical (unpaired) electrons. The molecule has 0 bridgehead atoms. The molecule has 8 nitrogen and oxygen atoms in total. The van der Waals surface area contributed by atoms with Crippen molar-refractivity contribution >= 4 is 23.8 Å². The number of ether oxygens (including phenoxy) is 1. The van der Waals surface area contributed by atoms with Gasteiger partial charge in [-0.05, 0) is 26.0 Å². The molecule has 0 spiro atoms. The third kappa shape index (κ3) is 4.27. The number of halogens is 1. The van der Waals surface area contributed by atoms with E-state index in [2.05, 4.69) is 25.8 Å². The summed E-state index contributed by atoms with van der Waals surface area (Å²) in [6.45, 7) is 3.65. The largest absolute Gasteiger partial charge is 0.463 e. The lowest BCUT2D eigenvalue weighted by Gasteiger charge is -2.26. The number of aromatic nitrogens is 3. The van der Waals surface area contributed by atoms with E-state index in [0.717, 1.165) is 0 Å². The molecule has 1 atom stereocenters. The second kappa shape index (κ2) is 8.21. The van der Waals surface area contributed by atoms with Crippen LogP contribution in [0.4, 0.5) is 9.18 Å². The number of amides is 2. The van der Waals surface area contributed by atoms with Crippen LogP contribution in [0.15, 0.2) is 40.7 Å². The standard InChI is InChI=1S/C17H18FN5O3S/c1-3-26-15(24)13-9(2)19-16(25)20-12(13)8-27-17-21-14(22-23-17)10-6-4-5-7-11(10)18/h4-7,9H,3,8H2,1-2H3,(H2,19,20,25)(H,21,22,23). The topological polar surface area (TPSA) is 109 Å².